The Hall–Kier alpha value is -1.83. The second-order valence-electron chi connectivity index (χ2n) is 4.89. The fourth-order valence-corrected chi connectivity index (χ4v) is 2.06. The molecule has 1 aliphatic heterocycles. The van der Waals surface area contributed by atoms with Crippen LogP contribution in [-0.2, 0) is 11.8 Å². The molecule has 1 atom stereocenters. The fraction of sp³-hybridized carbons (Fsp3) is 0.750. The van der Waals surface area contributed by atoms with Crippen molar-refractivity contribution in [2.24, 2.45) is 7.05 Å². The maximum Gasteiger partial charge on any atom is 0.374 e. The van der Waals surface area contributed by atoms with Crippen LogP contribution in [0.1, 0.15) is 20.3 Å². The second-order valence-corrected chi connectivity index (χ2v) is 4.89. The summed E-state index contributed by atoms with van der Waals surface area (Å²) < 4.78 is 7.79. The summed E-state index contributed by atoms with van der Waals surface area (Å²) >= 11 is 0. The van der Waals surface area contributed by atoms with Crippen LogP contribution in [0.5, 0.6) is 0 Å². The van der Waals surface area contributed by atoms with Crippen molar-refractivity contribution < 1.29 is 9.53 Å². The molecule has 20 heavy (non-hydrogen) atoms. The van der Waals surface area contributed by atoms with Gasteiger partial charge in [-0.05, 0) is 13.3 Å². The van der Waals surface area contributed by atoms with E-state index in [1.165, 1.54) is 4.68 Å². The highest BCUT2D eigenvalue weighted by Gasteiger charge is 2.22. The van der Waals surface area contributed by atoms with Crippen LogP contribution in [0.15, 0.2) is 4.79 Å². The monoisotopic (exact) mass is 283 g/mol. The van der Waals surface area contributed by atoms with Crippen molar-refractivity contribution in [3.8, 4) is 0 Å². The molecule has 0 aliphatic carbocycles. The van der Waals surface area contributed by atoms with Gasteiger partial charge in [-0.25, -0.2) is 14.3 Å². The zero-order chi connectivity index (χ0) is 14.7. The molecule has 0 spiro atoms. The summed E-state index contributed by atoms with van der Waals surface area (Å²) in [5.41, 5.74) is -0.560. The highest BCUT2D eigenvalue weighted by molar-refractivity contribution is 5.76. The number of carbonyl (C=O) groups excluding carboxylic acids is 1. The second kappa shape index (κ2) is 6.08. The molecular weight excluding hydrogens is 262 g/mol. The van der Waals surface area contributed by atoms with Crippen LogP contribution >= 0.6 is 0 Å². The third kappa shape index (κ3) is 2.84. The predicted molar refractivity (Wildman–Crippen MR) is 74.2 cm³/mol. The van der Waals surface area contributed by atoms with Crippen molar-refractivity contribution in [1.82, 2.24) is 19.7 Å². The Morgan fingerprint density at radius 1 is 1.45 bits per heavy atom. The minimum atomic E-state index is -0.560. The summed E-state index contributed by atoms with van der Waals surface area (Å²) in [6.45, 7) is 6.38. The van der Waals surface area contributed by atoms with Gasteiger partial charge in [0.15, 0.2) is 0 Å². The molecular formula is C12H21N5O3. The Morgan fingerprint density at radius 2 is 2.10 bits per heavy atom. The molecule has 1 fully saturated rings. The summed E-state index contributed by atoms with van der Waals surface area (Å²) in [6, 6.07) is -0.435. The lowest BCUT2D eigenvalue weighted by Gasteiger charge is -2.27. The average molecular weight is 283 g/mol. The van der Waals surface area contributed by atoms with Crippen molar-refractivity contribution in [3.63, 3.8) is 0 Å². The molecule has 1 unspecified atom stereocenters. The van der Waals surface area contributed by atoms with Gasteiger partial charge in [-0.3, -0.25) is 0 Å². The van der Waals surface area contributed by atoms with Crippen LogP contribution in [-0.4, -0.2) is 52.7 Å². The normalized spacial score (nSPS) is 17.1. The lowest BCUT2D eigenvalue weighted by molar-refractivity contribution is 0.121. The molecule has 2 rings (SSSR count). The van der Waals surface area contributed by atoms with Crippen molar-refractivity contribution in [2.75, 3.05) is 31.2 Å². The largest absolute Gasteiger partial charge is 0.378 e. The van der Waals surface area contributed by atoms with E-state index in [0.29, 0.717) is 32.3 Å². The number of amides is 1. The number of carbonyl (C=O) groups is 1. The summed E-state index contributed by atoms with van der Waals surface area (Å²) in [6.07, 6.45) is 0.800. The minimum absolute atomic E-state index is 0.0103. The van der Waals surface area contributed by atoms with Crippen molar-refractivity contribution in [3.05, 3.63) is 10.5 Å². The van der Waals surface area contributed by atoms with E-state index in [4.69, 9.17) is 4.74 Å². The molecule has 1 aliphatic rings. The number of nitrogens with one attached hydrogen (secondary N) is 1. The summed E-state index contributed by atoms with van der Waals surface area (Å²) in [5.74, 6) is 0.498. The number of anilines is 1. The molecule has 2 heterocycles. The molecule has 0 radical (unpaired) electrons. The average Bonchev–Trinajstić information content (AvgIpc) is 2.74. The van der Waals surface area contributed by atoms with E-state index in [0.717, 1.165) is 11.1 Å². The number of hydrogen-bond acceptors (Lipinski definition) is 5. The summed E-state index contributed by atoms with van der Waals surface area (Å²) in [4.78, 5) is 29.9. The number of ether oxygens (including phenoxy) is 1. The van der Waals surface area contributed by atoms with Gasteiger partial charge in [-0.15, -0.1) is 4.68 Å². The first-order chi connectivity index (χ1) is 9.54. The molecule has 1 amide bonds. The Labute approximate surface area is 117 Å². The van der Waals surface area contributed by atoms with Crippen molar-refractivity contribution in [2.45, 2.75) is 26.3 Å². The smallest absolute Gasteiger partial charge is 0.374 e. The minimum Gasteiger partial charge on any atom is -0.378 e. The Kier molecular flexibility index (Phi) is 4.43. The zero-order valence-electron chi connectivity index (χ0n) is 12.1. The van der Waals surface area contributed by atoms with Gasteiger partial charge in [0.1, 0.15) is 0 Å². The molecule has 0 saturated carbocycles. The highest BCUT2D eigenvalue weighted by atomic mass is 16.5. The Balaban J connectivity index is 2.24. The quantitative estimate of drug-likeness (QED) is 0.829. The molecule has 0 aromatic carbocycles. The molecule has 112 valence electrons. The fourth-order valence-electron chi connectivity index (χ4n) is 2.06. The van der Waals surface area contributed by atoms with E-state index < -0.39 is 11.7 Å². The van der Waals surface area contributed by atoms with Gasteiger partial charge in [-0.1, -0.05) is 6.92 Å². The maximum atomic E-state index is 12.1. The van der Waals surface area contributed by atoms with E-state index in [9.17, 15) is 9.59 Å². The maximum absolute atomic E-state index is 12.1. The Morgan fingerprint density at radius 3 is 2.70 bits per heavy atom. The molecule has 8 nitrogen and oxygen atoms in total. The van der Waals surface area contributed by atoms with Gasteiger partial charge in [-0.2, -0.15) is 4.98 Å². The van der Waals surface area contributed by atoms with Gasteiger partial charge < -0.3 is 15.0 Å². The first-order valence-corrected chi connectivity index (χ1v) is 6.84. The first-order valence-electron chi connectivity index (χ1n) is 6.84. The standard InChI is InChI=1S/C12H21N5O3/c1-4-9(2)13-11(18)17-12(19)14-10(15(17)3)16-5-7-20-8-6-16/h9H,4-8H2,1-3H3,(H,13,18). The lowest BCUT2D eigenvalue weighted by atomic mass is 10.3. The third-order valence-corrected chi connectivity index (χ3v) is 3.43. The van der Waals surface area contributed by atoms with E-state index in [1.54, 1.807) is 7.05 Å². The molecule has 1 aromatic heterocycles. The molecule has 0 bridgehead atoms. The Bertz CT molecular complexity index is 530. The van der Waals surface area contributed by atoms with Crippen molar-refractivity contribution in [1.29, 1.82) is 0 Å². The van der Waals surface area contributed by atoms with E-state index >= 15 is 0 Å². The van der Waals surface area contributed by atoms with Gasteiger partial charge in [0.2, 0.25) is 5.95 Å². The van der Waals surface area contributed by atoms with E-state index in [1.807, 2.05) is 18.7 Å². The third-order valence-electron chi connectivity index (χ3n) is 3.43. The summed E-state index contributed by atoms with van der Waals surface area (Å²) in [5, 5.41) is 2.76. The zero-order valence-corrected chi connectivity index (χ0v) is 12.1. The van der Waals surface area contributed by atoms with Crippen LogP contribution in [0, 0.1) is 0 Å². The van der Waals surface area contributed by atoms with E-state index in [-0.39, 0.29) is 6.04 Å². The van der Waals surface area contributed by atoms with Crippen LogP contribution < -0.4 is 15.9 Å². The molecule has 8 heteroatoms. The number of nitrogens with zero attached hydrogens (tertiary/aromatic N) is 4. The van der Waals surface area contributed by atoms with Crippen LogP contribution in [0.3, 0.4) is 0 Å². The molecule has 1 aromatic rings. The van der Waals surface area contributed by atoms with Crippen LogP contribution in [0.25, 0.3) is 0 Å². The number of hydrogen-bond donors (Lipinski definition) is 1. The highest BCUT2D eigenvalue weighted by Crippen LogP contribution is 2.09. The molecule has 1 saturated heterocycles. The summed E-state index contributed by atoms with van der Waals surface area (Å²) in [7, 11) is 1.66. The van der Waals surface area contributed by atoms with Crippen LogP contribution in [0.2, 0.25) is 0 Å². The van der Waals surface area contributed by atoms with Crippen molar-refractivity contribution >= 4 is 12.0 Å². The first kappa shape index (κ1) is 14.6. The number of aromatic nitrogens is 3. The van der Waals surface area contributed by atoms with E-state index in [2.05, 4.69) is 10.3 Å². The molecule has 1 N–H and O–H groups in total. The lowest BCUT2D eigenvalue weighted by Crippen LogP contribution is -2.42. The topological polar surface area (TPSA) is 81.4 Å². The predicted octanol–water partition coefficient (Wildman–Crippen LogP) is -0.225. The van der Waals surface area contributed by atoms with Gasteiger partial charge in [0.05, 0.1) is 13.2 Å². The number of rotatable bonds is 3. The number of morpholine rings is 1. The van der Waals surface area contributed by atoms with Gasteiger partial charge >= 0.3 is 11.7 Å². The van der Waals surface area contributed by atoms with Crippen LogP contribution in [0.4, 0.5) is 10.7 Å². The van der Waals surface area contributed by atoms with Gasteiger partial charge in [0, 0.05) is 26.2 Å². The SMILES string of the molecule is CCC(C)NC(=O)n1c(=O)nc(N2CCOCC2)n1C. The van der Waals surface area contributed by atoms with Gasteiger partial charge in [0.25, 0.3) is 0 Å².